The van der Waals surface area contributed by atoms with Crippen LogP contribution >= 0.6 is 0 Å². The molecule has 0 saturated heterocycles. The minimum absolute atomic E-state index is 0.165. The second-order valence-electron chi connectivity index (χ2n) is 5.81. The molecule has 1 aliphatic rings. The molecule has 2 aromatic rings. The Bertz CT molecular complexity index is 709. The Morgan fingerprint density at radius 1 is 1.14 bits per heavy atom. The molecule has 0 radical (unpaired) electrons. The van der Waals surface area contributed by atoms with Crippen molar-refractivity contribution in [3.05, 3.63) is 46.4 Å². The molecule has 0 unspecified atom stereocenters. The fourth-order valence-electron chi connectivity index (χ4n) is 3.42. The van der Waals surface area contributed by atoms with Crippen LogP contribution in [0, 0.1) is 6.92 Å². The molecule has 1 aromatic heterocycles. The highest BCUT2D eigenvalue weighted by Gasteiger charge is 2.24. The molecule has 0 bridgehead atoms. The van der Waals surface area contributed by atoms with Crippen molar-refractivity contribution in [1.29, 1.82) is 0 Å². The first-order chi connectivity index (χ1) is 10.7. The van der Waals surface area contributed by atoms with Crippen LogP contribution in [0.4, 0.5) is 5.69 Å². The van der Waals surface area contributed by atoms with E-state index in [2.05, 4.69) is 10.00 Å². The van der Waals surface area contributed by atoms with Gasteiger partial charge in [-0.25, -0.2) is 4.68 Å². The van der Waals surface area contributed by atoms with Crippen LogP contribution in [0.5, 0.6) is 0 Å². The standard InChI is InChI=1S/C17H21N3O2/c1-13-16(18-12-21)17(22)20(15-10-6-3-7-11-15)19(13)14-8-4-2-5-9-14/h3,6-7,10-12,14H,2,4-5,8-9H2,1H3,(H,18,21). The van der Waals surface area contributed by atoms with E-state index in [0.717, 1.165) is 24.2 Å². The molecule has 0 atom stereocenters. The molecule has 3 rings (SSSR count). The predicted octanol–water partition coefficient (Wildman–Crippen LogP) is 3.02. The monoisotopic (exact) mass is 299 g/mol. The van der Waals surface area contributed by atoms with Gasteiger partial charge < -0.3 is 5.32 Å². The third kappa shape index (κ3) is 2.47. The molecular weight excluding hydrogens is 278 g/mol. The Balaban J connectivity index is 2.19. The smallest absolute Gasteiger partial charge is 0.295 e. The quantitative estimate of drug-likeness (QED) is 0.882. The first-order valence-electron chi connectivity index (χ1n) is 7.83. The highest BCUT2D eigenvalue weighted by molar-refractivity contribution is 5.72. The van der Waals surface area contributed by atoms with Gasteiger partial charge in [0.15, 0.2) is 0 Å². The summed E-state index contributed by atoms with van der Waals surface area (Å²) in [5, 5.41) is 2.58. The highest BCUT2D eigenvalue weighted by atomic mass is 16.1. The Labute approximate surface area is 129 Å². The Morgan fingerprint density at radius 3 is 2.45 bits per heavy atom. The van der Waals surface area contributed by atoms with Gasteiger partial charge in [0, 0.05) is 0 Å². The number of carbonyl (C=O) groups excluding carboxylic acids is 1. The van der Waals surface area contributed by atoms with Gasteiger partial charge in [0.1, 0.15) is 5.69 Å². The number of nitrogens with zero attached hydrogens (tertiary/aromatic N) is 2. The molecule has 1 aliphatic carbocycles. The summed E-state index contributed by atoms with van der Waals surface area (Å²) in [6.45, 7) is 1.90. The Morgan fingerprint density at radius 2 is 1.82 bits per heavy atom. The molecule has 5 heteroatoms. The zero-order valence-electron chi connectivity index (χ0n) is 12.8. The lowest BCUT2D eigenvalue weighted by molar-refractivity contribution is -0.105. The summed E-state index contributed by atoms with van der Waals surface area (Å²) in [7, 11) is 0. The maximum atomic E-state index is 12.8. The zero-order chi connectivity index (χ0) is 15.5. The van der Waals surface area contributed by atoms with Gasteiger partial charge >= 0.3 is 0 Å². The minimum atomic E-state index is -0.165. The topological polar surface area (TPSA) is 56.0 Å². The van der Waals surface area contributed by atoms with Crippen LogP contribution in [-0.4, -0.2) is 15.8 Å². The van der Waals surface area contributed by atoms with Crippen LogP contribution in [0.25, 0.3) is 5.69 Å². The molecule has 1 saturated carbocycles. The number of hydrogen-bond acceptors (Lipinski definition) is 2. The van der Waals surface area contributed by atoms with Gasteiger partial charge in [0.2, 0.25) is 6.41 Å². The van der Waals surface area contributed by atoms with E-state index in [0.29, 0.717) is 18.1 Å². The molecule has 1 aromatic carbocycles. The fourth-order valence-corrected chi connectivity index (χ4v) is 3.42. The maximum Gasteiger partial charge on any atom is 0.295 e. The molecule has 116 valence electrons. The van der Waals surface area contributed by atoms with Gasteiger partial charge in [-0.1, -0.05) is 37.5 Å². The third-order valence-corrected chi connectivity index (χ3v) is 4.45. The summed E-state index contributed by atoms with van der Waals surface area (Å²) in [4.78, 5) is 23.6. The van der Waals surface area contributed by atoms with Crippen molar-refractivity contribution in [3.63, 3.8) is 0 Å². The van der Waals surface area contributed by atoms with Gasteiger partial charge in [-0.2, -0.15) is 0 Å². The van der Waals surface area contributed by atoms with Gasteiger partial charge in [-0.15, -0.1) is 0 Å². The summed E-state index contributed by atoms with van der Waals surface area (Å²) >= 11 is 0. The van der Waals surface area contributed by atoms with Crippen LogP contribution in [-0.2, 0) is 4.79 Å². The largest absolute Gasteiger partial charge is 0.323 e. The number of nitrogens with one attached hydrogen (secondary N) is 1. The maximum absolute atomic E-state index is 12.8. The number of rotatable bonds is 4. The summed E-state index contributed by atoms with van der Waals surface area (Å²) in [6, 6.07) is 9.92. The summed E-state index contributed by atoms with van der Waals surface area (Å²) in [5.41, 5.74) is 1.87. The summed E-state index contributed by atoms with van der Waals surface area (Å²) in [6.07, 6.45) is 6.34. The van der Waals surface area contributed by atoms with Crippen molar-refractivity contribution in [2.75, 3.05) is 5.32 Å². The first-order valence-corrected chi connectivity index (χ1v) is 7.83. The lowest BCUT2D eigenvalue weighted by atomic mass is 9.95. The van der Waals surface area contributed by atoms with Crippen molar-refractivity contribution in [2.45, 2.75) is 45.1 Å². The van der Waals surface area contributed by atoms with Crippen LogP contribution in [0.2, 0.25) is 0 Å². The van der Waals surface area contributed by atoms with E-state index in [9.17, 15) is 9.59 Å². The van der Waals surface area contributed by atoms with E-state index in [-0.39, 0.29) is 5.56 Å². The average molecular weight is 299 g/mol. The number of para-hydroxylation sites is 1. The zero-order valence-corrected chi connectivity index (χ0v) is 12.8. The summed E-state index contributed by atoms with van der Waals surface area (Å²) < 4.78 is 3.78. The number of carbonyl (C=O) groups is 1. The second-order valence-corrected chi connectivity index (χ2v) is 5.81. The minimum Gasteiger partial charge on any atom is -0.323 e. The Hall–Kier alpha value is -2.30. The van der Waals surface area contributed by atoms with Crippen LogP contribution < -0.4 is 10.9 Å². The lowest BCUT2D eigenvalue weighted by Crippen LogP contribution is -2.26. The van der Waals surface area contributed by atoms with Crippen molar-refractivity contribution in [3.8, 4) is 5.69 Å². The number of aromatic nitrogens is 2. The van der Waals surface area contributed by atoms with Gasteiger partial charge in [-0.3, -0.25) is 14.3 Å². The third-order valence-electron chi connectivity index (χ3n) is 4.45. The van der Waals surface area contributed by atoms with Crippen LogP contribution in [0.1, 0.15) is 43.8 Å². The Kier molecular flexibility index (Phi) is 4.13. The summed E-state index contributed by atoms with van der Waals surface area (Å²) in [5.74, 6) is 0. The average Bonchev–Trinajstić information content (AvgIpc) is 2.81. The first kappa shape index (κ1) is 14.6. The molecule has 1 amide bonds. The van der Waals surface area contributed by atoms with Crippen molar-refractivity contribution < 1.29 is 4.79 Å². The van der Waals surface area contributed by atoms with Crippen molar-refractivity contribution >= 4 is 12.1 Å². The SMILES string of the molecule is Cc1c(NC=O)c(=O)n(-c2ccccc2)n1C1CCCCC1. The van der Waals surface area contributed by atoms with Crippen LogP contribution in [0.15, 0.2) is 35.1 Å². The molecular formula is C17H21N3O2. The molecule has 0 aliphatic heterocycles. The lowest BCUT2D eigenvalue weighted by Gasteiger charge is -2.27. The van der Waals surface area contributed by atoms with E-state index < -0.39 is 0 Å². The number of benzene rings is 1. The van der Waals surface area contributed by atoms with Gasteiger partial charge in [-0.05, 0) is 31.9 Å². The molecule has 5 nitrogen and oxygen atoms in total. The second kappa shape index (κ2) is 6.22. The molecule has 0 spiro atoms. The number of hydrogen-bond donors (Lipinski definition) is 1. The van der Waals surface area contributed by atoms with E-state index in [1.807, 2.05) is 37.3 Å². The number of anilines is 1. The van der Waals surface area contributed by atoms with Gasteiger partial charge in [0.05, 0.1) is 17.4 Å². The number of amides is 1. The molecule has 1 N–H and O–H groups in total. The fraction of sp³-hybridized carbons (Fsp3) is 0.412. The molecule has 22 heavy (non-hydrogen) atoms. The van der Waals surface area contributed by atoms with E-state index >= 15 is 0 Å². The van der Waals surface area contributed by atoms with E-state index in [1.165, 1.54) is 19.3 Å². The van der Waals surface area contributed by atoms with Crippen molar-refractivity contribution in [1.82, 2.24) is 9.36 Å². The molecule has 1 fully saturated rings. The van der Waals surface area contributed by atoms with E-state index in [1.54, 1.807) is 4.68 Å². The van der Waals surface area contributed by atoms with E-state index in [4.69, 9.17) is 0 Å². The normalized spacial score (nSPS) is 15.7. The predicted molar refractivity (Wildman–Crippen MR) is 86.6 cm³/mol. The highest BCUT2D eigenvalue weighted by Crippen LogP contribution is 2.31. The van der Waals surface area contributed by atoms with Crippen LogP contribution in [0.3, 0.4) is 0 Å². The van der Waals surface area contributed by atoms with Crippen molar-refractivity contribution in [2.24, 2.45) is 0 Å². The molecule has 1 heterocycles. The van der Waals surface area contributed by atoms with Gasteiger partial charge in [0.25, 0.3) is 5.56 Å².